The van der Waals surface area contributed by atoms with Crippen molar-refractivity contribution in [2.24, 2.45) is 0 Å². The van der Waals surface area contributed by atoms with Gasteiger partial charge in [-0.05, 0) is 35.4 Å². The number of benzene rings is 3. The molecule has 2 heterocycles. The molecule has 6 nitrogen and oxygen atoms in total. The zero-order chi connectivity index (χ0) is 22.1. The number of carbonyl (C=O) groups excluding carboxylic acids is 1. The molecule has 0 radical (unpaired) electrons. The van der Waals surface area contributed by atoms with Gasteiger partial charge in [-0.15, -0.1) is 5.10 Å². The number of fused-ring (bicyclic) bond motifs is 1. The molecule has 32 heavy (non-hydrogen) atoms. The van der Waals surface area contributed by atoms with Crippen molar-refractivity contribution in [3.8, 4) is 0 Å². The average molecular weight is 462 g/mol. The molecule has 1 aliphatic rings. The Morgan fingerprint density at radius 1 is 0.969 bits per heavy atom. The number of hydrogen-bond donors (Lipinski definition) is 2. The van der Waals surface area contributed by atoms with Crippen molar-refractivity contribution in [3.63, 3.8) is 0 Å². The second-order valence-electron chi connectivity index (χ2n) is 7.21. The van der Waals surface area contributed by atoms with Gasteiger partial charge < -0.3 is 5.32 Å². The van der Waals surface area contributed by atoms with E-state index < -0.39 is 5.91 Å². The summed E-state index contributed by atoms with van der Waals surface area (Å²) < 4.78 is 1.75. The lowest BCUT2D eigenvalue weighted by Crippen LogP contribution is -2.20. The molecule has 1 aromatic heterocycles. The van der Waals surface area contributed by atoms with Crippen LogP contribution < -0.4 is 10.6 Å². The Balaban J connectivity index is 1.50. The van der Waals surface area contributed by atoms with E-state index in [2.05, 4.69) is 26.8 Å². The van der Waals surface area contributed by atoms with Crippen LogP contribution in [0.1, 0.15) is 27.5 Å². The van der Waals surface area contributed by atoms with Crippen LogP contribution >= 0.6 is 23.2 Å². The second-order valence-corrected chi connectivity index (χ2v) is 8.05. The standard InChI is InChI=1S/C24H17Cl2N5O/c25-17-11-12-18(19(26)13-17)22(32)28-23-29-24-27-20(15-7-3-1-4-8-15)14-21(31(24)30-23)16-9-5-2-6-10-16/h1-14,21H,(H2,27,28,29,30,32). The molecule has 4 aromatic rings. The molecule has 8 heteroatoms. The lowest BCUT2D eigenvalue weighted by molar-refractivity contribution is 0.102. The summed E-state index contributed by atoms with van der Waals surface area (Å²) in [5, 5.41) is 11.3. The number of allylic oxidation sites excluding steroid dienone is 1. The lowest BCUT2D eigenvalue weighted by atomic mass is 10.0. The molecule has 3 aromatic carbocycles. The van der Waals surface area contributed by atoms with Crippen LogP contribution in [0, 0.1) is 0 Å². The third-order valence-electron chi connectivity index (χ3n) is 5.09. The number of carbonyl (C=O) groups is 1. The van der Waals surface area contributed by atoms with E-state index in [-0.39, 0.29) is 17.0 Å². The van der Waals surface area contributed by atoms with Crippen LogP contribution in [-0.4, -0.2) is 20.7 Å². The molecule has 1 unspecified atom stereocenters. The van der Waals surface area contributed by atoms with Crippen molar-refractivity contribution < 1.29 is 4.79 Å². The Morgan fingerprint density at radius 3 is 2.41 bits per heavy atom. The monoisotopic (exact) mass is 461 g/mol. The minimum atomic E-state index is -0.415. The molecule has 0 saturated heterocycles. The molecule has 0 bridgehead atoms. The number of halogens is 2. The fourth-order valence-electron chi connectivity index (χ4n) is 3.56. The van der Waals surface area contributed by atoms with Crippen LogP contribution in [0.3, 0.4) is 0 Å². The first kappa shape index (κ1) is 20.3. The van der Waals surface area contributed by atoms with Crippen molar-refractivity contribution in [2.45, 2.75) is 6.04 Å². The third-order valence-corrected chi connectivity index (χ3v) is 5.64. The van der Waals surface area contributed by atoms with Crippen molar-refractivity contribution in [2.75, 3.05) is 10.6 Å². The quantitative estimate of drug-likeness (QED) is 0.397. The van der Waals surface area contributed by atoms with Crippen LogP contribution in [0.2, 0.25) is 10.0 Å². The summed E-state index contributed by atoms with van der Waals surface area (Å²) in [5.41, 5.74) is 3.28. The summed E-state index contributed by atoms with van der Waals surface area (Å²) in [6, 6.07) is 24.5. The molecule has 5 rings (SSSR count). The minimum absolute atomic E-state index is 0.173. The largest absolute Gasteiger partial charge is 0.324 e. The van der Waals surface area contributed by atoms with Crippen molar-refractivity contribution in [3.05, 3.63) is 112 Å². The maximum Gasteiger partial charge on any atom is 0.259 e. The fourth-order valence-corrected chi connectivity index (χ4v) is 4.06. The van der Waals surface area contributed by atoms with Crippen LogP contribution in [0.25, 0.3) is 5.70 Å². The summed E-state index contributed by atoms with van der Waals surface area (Å²) >= 11 is 12.1. The van der Waals surface area contributed by atoms with Gasteiger partial charge in [0.15, 0.2) is 0 Å². The summed E-state index contributed by atoms with van der Waals surface area (Å²) in [5.74, 6) is 0.284. The van der Waals surface area contributed by atoms with Crippen LogP contribution in [0.5, 0.6) is 0 Å². The Morgan fingerprint density at radius 2 is 1.69 bits per heavy atom. The predicted molar refractivity (Wildman–Crippen MR) is 127 cm³/mol. The van der Waals surface area contributed by atoms with Gasteiger partial charge in [-0.3, -0.25) is 10.1 Å². The fraction of sp³-hybridized carbons (Fsp3) is 0.0417. The topological polar surface area (TPSA) is 71.8 Å². The number of hydrogen-bond acceptors (Lipinski definition) is 4. The molecular formula is C24H17Cl2N5O. The third kappa shape index (κ3) is 3.98. The maximum absolute atomic E-state index is 12.7. The SMILES string of the molecule is O=C(Nc1nc2n(n1)C(c1ccccc1)C=C(c1ccccc1)N2)c1ccc(Cl)cc1Cl. The van der Waals surface area contributed by atoms with Gasteiger partial charge in [0.25, 0.3) is 11.9 Å². The molecule has 0 fully saturated rings. The highest BCUT2D eigenvalue weighted by Crippen LogP contribution is 2.33. The number of nitrogens with one attached hydrogen (secondary N) is 2. The number of anilines is 2. The van der Waals surface area contributed by atoms with E-state index in [0.717, 1.165) is 16.8 Å². The van der Waals surface area contributed by atoms with E-state index in [9.17, 15) is 4.79 Å². The summed E-state index contributed by atoms with van der Waals surface area (Å²) in [6.45, 7) is 0. The van der Waals surface area contributed by atoms with E-state index in [4.69, 9.17) is 23.2 Å². The first-order valence-electron chi connectivity index (χ1n) is 9.90. The first-order valence-corrected chi connectivity index (χ1v) is 10.7. The van der Waals surface area contributed by atoms with Crippen LogP contribution in [0.15, 0.2) is 84.9 Å². The van der Waals surface area contributed by atoms with Gasteiger partial charge in [-0.25, -0.2) is 4.68 Å². The highest BCUT2D eigenvalue weighted by Gasteiger charge is 2.26. The summed E-state index contributed by atoms with van der Waals surface area (Å²) in [6.07, 6.45) is 2.09. The van der Waals surface area contributed by atoms with Crippen LogP contribution in [0.4, 0.5) is 11.9 Å². The Hall–Kier alpha value is -3.61. The molecule has 1 atom stereocenters. The van der Waals surface area contributed by atoms with Crippen molar-refractivity contribution in [1.82, 2.24) is 14.8 Å². The average Bonchev–Trinajstić information content (AvgIpc) is 3.21. The molecule has 0 spiro atoms. The van der Waals surface area contributed by atoms with Gasteiger partial charge >= 0.3 is 0 Å². The molecule has 0 saturated carbocycles. The first-order chi connectivity index (χ1) is 15.6. The number of rotatable bonds is 4. The Labute approximate surface area is 194 Å². The van der Waals surface area contributed by atoms with E-state index in [0.29, 0.717) is 16.5 Å². The smallest absolute Gasteiger partial charge is 0.259 e. The summed E-state index contributed by atoms with van der Waals surface area (Å²) in [4.78, 5) is 17.2. The highest BCUT2D eigenvalue weighted by atomic mass is 35.5. The molecule has 1 amide bonds. The van der Waals surface area contributed by atoms with E-state index in [1.165, 1.54) is 6.07 Å². The zero-order valence-electron chi connectivity index (χ0n) is 16.7. The molecule has 0 aliphatic carbocycles. The van der Waals surface area contributed by atoms with Gasteiger partial charge in [0.2, 0.25) is 5.95 Å². The maximum atomic E-state index is 12.7. The molecular weight excluding hydrogens is 445 g/mol. The van der Waals surface area contributed by atoms with Gasteiger partial charge in [-0.1, -0.05) is 83.9 Å². The van der Waals surface area contributed by atoms with Crippen molar-refractivity contribution in [1.29, 1.82) is 0 Å². The zero-order valence-corrected chi connectivity index (χ0v) is 18.2. The van der Waals surface area contributed by atoms with Gasteiger partial charge in [-0.2, -0.15) is 4.98 Å². The Bertz CT molecular complexity index is 1320. The Kier molecular flexibility index (Phi) is 5.39. The summed E-state index contributed by atoms with van der Waals surface area (Å²) in [7, 11) is 0. The predicted octanol–water partition coefficient (Wildman–Crippen LogP) is 5.89. The number of nitrogens with zero attached hydrogens (tertiary/aromatic N) is 3. The number of amides is 1. The van der Waals surface area contributed by atoms with E-state index in [1.54, 1.807) is 16.8 Å². The number of aromatic nitrogens is 3. The molecule has 1 aliphatic heterocycles. The molecule has 2 N–H and O–H groups in total. The normalized spacial score (nSPS) is 14.8. The van der Waals surface area contributed by atoms with Gasteiger partial charge in [0.05, 0.1) is 10.6 Å². The highest BCUT2D eigenvalue weighted by molar-refractivity contribution is 6.37. The van der Waals surface area contributed by atoms with Gasteiger partial charge in [0, 0.05) is 10.7 Å². The second kappa shape index (κ2) is 8.49. The van der Waals surface area contributed by atoms with Gasteiger partial charge in [0.1, 0.15) is 6.04 Å². The minimum Gasteiger partial charge on any atom is -0.324 e. The van der Waals surface area contributed by atoms with E-state index >= 15 is 0 Å². The molecule has 158 valence electrons. The van der Waals surface area contributed by atoms with Crippen LogP contribution in [-0.2, 0) is 0 Å². The lowest BCUT2D eigenvalue weighted by Gasteiger charge is -2.24. The van der Waals surface area contributed by atoms with Crippen molar-refractivity contribution >= 4 is 46.7 Å². The van der Waals surface area contributed by atoms with E-state index in [1.807, 2.05) is 60.7 Å².